The van der Waals surface area contributed by atoms with Gasteiger partial charge in [0.1, 0.15) is 12.7 Å². The van der Waals surface area contributed by atoms with Crippen LogP contribution in [0, 0.1) is 5.92 Å². The van der Waals surface area contributed by atoms with Crippen LogP contribution in [0.4, 0.5) is 0 Å². The lowest BCUT2D eigenvalue weighted by Crippen LogP contribution is -2.30. The fraction of sp³-hybridized carbons (Fsp3) is 0.707. The van der Waals surface area contributed by atoms with Gasteiger partial charge in [-0.2, -0.15) is 0 Å². The molecule has 12 heteroatoms. The van der Waals surface area contributed by atoms with Crippen LogP contribution in [-0.2, 0) is 32.7 Å². The summed E-state index contributed by atoms with van der Waals surface area (Å²) in [5.74, 6) is -0.343. The molecular formula is C41H71O11P. The summed E-state index contributed by atoms with van der Waals surface area (Å²) in [5, 5.41) is 28.5. The highest BCUT2D eigenvalue weighted by atomic mass is 31.2. The molecule has 0 saturated carbocycles. The maximum Gasteiger partial charge on any atom is 0.472 e. The first-order valence-corrected chi connectivity index (χ1v) is 21.2. The van der Waals surface area contributed by atoms with Crippen LogP contribution in [0.1, 0.15) is 136 Å². The molecule has 0 heterocycles. The van der Waals surface area contributed by atoms with Crippen molar-refractivity contribution >= 4 is 19.8 Å². The Kier molecular flexibility index (Phi) is 33.8. The summed E-state index contributed by atoms with van der Waals surface area (Å²) in [6, 6.07) is 0. The molecule has 0 radical (unpaired) electrons. The monoisotopic (exact) mass is 770 g/mol. The van der Waals surface area contributed by atoms with E-state index < -0.39 is 64.5 Å². The minimum absolute atomic E-state index is 0.00884. The summed E-state index contributed by atoms with van der Waals surface area (Å²) in [5.41, 5.74) is 0. The van der Waals surface area contributed by atoms with Gasteiger partial charge in [-0.15, -0.1) is 0 Å². The van der Waals surface area contributed by atoms with Crippen LogP contribution in [0.2, 0.25) is 0 Å². The normalized spacial score (nSPS) is 15.8. The summed E-state index contributed by atoms with van der Waals surface area (Å²) < 4.78 is 32.5. The molecule has 306 valence electrons. The van der Waals surface area contributed by atoms with Crippen molar-refractivity contribution in [2.75, 3.05) is 26.4 Å². The van der Waals surface area contributed by atoms with Gasteiger partial charge >= 0.3 is 19.8 Å². The number of aliphatic hydroxyl groups excluding tert-OH is 3. The highest BCUT2D eigenvalue weighted by molar-refractivity contribution is 7.47. The van der Waals surface area contributed by atoms with Crippen LogP contribution in [0.3, 0.4) is 0 Å². The number of rotatable bonds is 35. The molecule has 0 aliphatic heterocycles. The second kappa shape index (κ2) is 35.3. The third-order valence-electron chi connectivity index (χ3n) is 8.33. The number of esters is 2. The number of unbranched alkanes of at least 4 members (excludes halogenated alkanes) is 7. The van der Waals surface area contributed by atoms with Crippen molar-refractivity contribution in [3.63, 3.8) is 0 Å². The van der Waals surface area contributed by atoms with Gasteiger partial charge in [0.15, 0.2) is 6.10 Å². The average Bonchev–Trinajstić information content (AvgIpc) is 3.14. The topological polar surface area (TPSA) is 169 Å². The SMILES string of the molecule is CC/C=C\C/C=C\C/C=C\C/C=C\C=C\C(O)CCCC(=O)OC[C@H](COP(=O)(O)OC[C@@H](O)CO)OC(=O)CCCCCCCCCCC(C)CC. The fourth-order valence-electron chi connectivity index (χ4n) is 4.88. The van der Waals surface area contributed by atoms with Crippen molar-refractivity contribution in [1.29, 1.82) is 0 Å². The maximum absolute atomic E-state index is 12.6. The van der Waals surface area contributed by atoms with Gasteiger partial charge in [-0.25, -0.2) is 4.57 Å². The first-order chi connectivity index (χ1) is 25.5. The molecule has 0 aromatic heterocycles. The molecule has 0 amide bonds. The molecule has 53 heavy (non-hydrogen) atoms. The van der Waals surface area contributed by atoms with E-state index in [4.69, 9.17) is 19.1 Å². The van der Waals surface area contributed by atoms with Crippen LogP contribution in [0.25, 0.3) is 0 Å². The van der Waals surface area contributed by atoms with Crippen molar-refractivity contribution < 1.29 is 52.9 Å². The standard InChI is InChI=1S/C41H71O11P/c1-4-6-7-8-9-10-11-12-13-14-18-21-24-28-37(43)29-26-31-40(45)49-34-39(35-51-53(47,48)50-33-38(44)32-42)52-41(46)30-25-22-19-16-15-17-20-23-27-36(3)5-2/h6-7,9-10,12-13,18,21,24,28,36-39,42-44H,4-5,8,11,14-17,19-20,22-23,25-27,29-35H2,1-3H3,(H,47,48)/b7-6-,10-9-,13-12-,21-18-,28-24+/t36?,37?,38-,39+/m0/s1. The molecule has 0 bridgehead atoms. The fourth-order valence-corrected chi connectivity index (χ4v) is 5.67. The number of carbonyl (C=O) groups excluding carboxylic acids is 2. The third kappa shape index (κ3) is 35.1. The number of hydrogen-bond donors (Lipinski definition) is 4. The first kappa shape index (κ1) is 50.6. The number of phosphoric acid groups is 1. The Labute approximate surface area is 319 Å². The van der Waals surface area contributed by atoms with E-state index >= 15 is 0 Å². The number of carbonyl (C=O) groups is 2. The Hall–Kier alpha value is -2.37. The predicted molar refractivity (Wildman–Crippen MR) is 211 cm³/mol. The van der Waals surface area contributed by atoms with E-state index in [9.17, 15) is 29.3 Å². The van der Waals surface area contributed by atoms with E-state index in [0.717, 1.165) is 50.9 Å². The maximum atomic E-state index is 12.6. The number of allylic oxidation sites excluding steroid dienone is 9. The van der Waals surface area contributed by atoms with E-state index in [1.807, 2.05) is 12.2 Å². The molecule has 3 unspecified atom stereocenters. The van der Waals surface area contributed by atoms with Crippen molar-refractivity contribution in [1.82, 2.24) is 0 Å². The molecule has 0 aromatic carbocycles. The van der Waals surface area contributed by atoms with Crippen molar-refractivity contribution in [2.24, 2.45) is 5.92 Å². The highest BCUT2D eigenvalue weighted by Gasteiger charge is 2.27. The first-order valence-electron chi connectivity index (χ1n) is 19.7. The molecule has 0 rings (SSSR count). The van der Waals surface area contributed by atoms with Crippen molar-refractivity contribution in [3.8, 4) is 0 Å². The zero-order valence-corrected chi connectivity index (χ0v) is 33.6. The smallest absolute Gasteiger partial charge is 0.462 e. The molecule has 0 aliphatic rings. The number of phosphoric ester groups is 1. The lowest BCUT2D eigenvalue weighted by Gasteiger charge is -2.20. The van der Waals surface area contributed by atoms with E-state index in [1.54, 1.807) is 12.2 Å². The molecule has 0 saturated heterocycles. The van der Waals surface area contributed by atoms with Crippen LogP contribution < -0.4 is 0 Å². The van der Waals surface area contributed by atoms with E-state index in [1.165, 1.54) is 38.5 Å². The molecular weight excluding hydrogens is 699 g/mol. The quantitative estimate of drug-likeness (QED) is 0.0160. The highest BCUT2D eigenvalue weighted by Crippen LogP contribution is 2.43. The summed E-state index contributed by atoms with van der Waals surface area (Å²) in [7, 11) is -4.66. The van der Waals surface area contributed by atoms with Crippen molar-refractivity contribution in [2.45, 2.75) is 155 Å². The van der Waals surface area contributed by atoms with Crippen molar-refractivity contribution in [3.05, 3.63) is 60.8 Å². The molecule has 5 atom stereocenters. The number of hydrogen-bond acceptors (Lipinski definition) is 10. The van der Waals surface area contributed by atoms with E-state index in [-0.39, 0.29) is 12.8 Å². The average molecular weight is 771 g/mol. The van der Waals surface area contributed by atoms with E-state index in [2.05, 4.69) is 61.8 Å². The number of aliphatic hydroxyl groups is 3. The number of ether oxygens (including phenoxy) is 2. The molecule has 0 spiro atoms. The van der Waals surface area contributed by atoms with Gasteiger partial charge < -0.3 is 29.7 Å². The largest absolute Gasteiger partial charge is 0.472 e. The Balaban J connectivity index is 4.57. The third-order valence-corrected chi connectivity index (χ3v) is 9.28. The van der Waals surface area contributed by atoms with Crippen LogP contribution in [0.15, 0.2) is 60.8 Å². The lowest BCUT2D eigenvalue weighted by molar-refractivity contribution is -0.161. The minimum atomic E-state index is -4.66. The molecule has 4 N–H and O–H groups in total. The van der Waals surface area contributed by atoms with Gasteiger partial charge in [0.25, 0.3) is 0 Å². The minimum Gasteiger partial charge on any atom is -0.462 e. The molecule has 0 aliphatic carbocycles. The second-order valence-corrected chi connectivity index (χ2v) is 14.8. The van der Waals surface area contributed by atoms with Crippen LogP contribution in [0.5, 0.6) is 0 Å². The van der Waals surface area contributed by atoms with Crippen LogP contribution in [-0.4, -0.2) is 76.9 Å². The Bertz CT molecular complexity index is 1100. The summed E-state index contributed by atoms with van der Waals surface area (Å²) >= 11 is 0. The predicted octanol–water partition coefficient (Wildman–Crippen LogP) is 8.77. The lowest BCUT2D eigenvalue weighted by atomic mass is 9.99. The Morgan fingerprint density at radius 1 is 0.679 bits per heavy atom. The molecule has 0 aromatic rings. The van der Waals surface area contributed by atoms with Crippen LogP contribution >= 0.6 is 7.82 Å². The van der Waals surface area contributed by atoms with Gasteiger partial charge in [-0.3, -0.25) is 18.6 Å². The zero-order valence-electron chi connectivity index (χ0n) is 32.7. The van der Waals surface area contributed by atoms with E-state index in [0.29, 0.717) is 19.3 Å². The Morgan fingerprint density at radius 2 is 1.25 bits per heavy atom. The van der Waals surface area contributed by atoms with Gasteiger partial charge in [-0.05, 0) is 50.9 Å². The van der Waals surface area contributed by atoms with Gasteiger partial charge in [0.2, 0.25) is 0 Å². The zero-order chi connectivity index (χ0) is 39.4. The summed E-state index contributed by atoms with van der Waals surface area (Å²) in [6.07, 6.45) is 32.3. The summed E-state index contributed by atoms with van der Waals surface area (Å²) in [6.45, 7) is 4.31. The van der Waals surface area contributed by atoms with Gasteiger partial charge in [0, 0.05) is 12.8 Å². The van der Waals surface area contributed by atoms with Gasteiger partial charge in [-0.1, -0.05) is 139 Å². The summed E-state index contributed by atoms with van der Waals surface area (Å²) in [4.78, 5) is 34.9. The Morgan fingerprint density at radius 3 is 1.87 bits per heavy atom. The van der Waals surface area contributed by atoms with Gasteiger partial charge in [0.05, 0.1) is 25.9 Å². The second-order valence-electron chi connectivity index (χ2n) is 13.4. The molecule has 0 fully saturated rings. The molecule has 11 nitrogen and oxygen atoms in total.